The van der Waals surface area contributed by atoms with E-state index in [1.54, 1.807) is 30.8 Å². The summed E-state index contributed by atoms with van der Waals surface area (Å²) in [4.78, 5) is 36.6. The minimum absolute atomic E-state index is 0.0101. The van der Waals surface area contributed by atoms with Crippen LogP contribution in [0, 0.1) is 13.8 Å². The fourth-order valence-electron chi connectivity index (χ4n) is 2.99. The number of anilines is 1. The van der Waals surface area contributed by atoms with Gasteiger partial charge in [0, 0.05) is 19.2 Å². The highest BCUT2D eigenvalue weighted by Crippen LogP contribution is 2.22. The number of nitrogens with zero attached hydrogens (tertiary/aromatic N) is 2. The molecule has 0 saturated heterocycles. The van der Waals surface area contributed by atoms with Gasteiger partial charge in [-0.2, -0.15) is 5.10 Å². The number of esters is 1. The van der Waals surface area contributed by atoms with Crippen molar-refractivity contribution >= 4 is 23.5 Å². The number of rotatable bonds is 7. The Morgan fingerprint density at radius 2 is 1.74 bits per heavy atom. The van der Waals surface area contributed by atoms with Gasteiger partial charge in [-0.25, -0.2) is 0 Å². The van der Waals surface area contributed by atoms with Crippen LogP contribution in [0.25, 0.3) is 0 Å². The number of nitrogens with one attached hydrogen (secondary N) is 2. The van der Waals surface area contributed by atoms with E-state index in [2.05, 4.69) is 36.5 Å². The van der Waals surface area contributed by atoms with Crippen LogP contribution in [0.15, 0.2) is 24.3 Å². The van der Waals surface area contributed by atoms with E-state index >= 15 is 0 Å². The molecule has 168 valence electrons. The van der Waals surface area contributed by atoms with Gasteiger partial charge in [-0.1, -0.05) is 32.9 Å². The summed E-state index contributed by atoms with van der Waals surface area (Å²) in [5.74, 6) is -1.26. The molecule has 1 heterocycles. The molecule has 0 bridgehead atoms. The molecule has 8 nitrogen and oxygen atoms in total. The maximum Gasteiger partial charge on any atom is 0.308 e. The van der Waals surface area contributed by atoms with E-state index in [9.17, 15) is 14.4 Å². The number of hydrogen-bond donors (Lipinski definition) is 2. The number of carbonyl (C=O) groups excluding carboxylic acids is 3. The number of aromatic nitrogens is 2. The monoisotopic (exact) mass is 428 g/mol. The van der Waals surface area contributed by atoms with Crippen LogP contribution in [-0.2, 0) is 26.8 Å². The van der Waals surface area contributed by atoms with Gasteiger partial charge in [-0.15, -0.1) is 0 Å². The van der Waals surface area contributed by atoms with Crippen LogP contribution in [-0.4, -0.2) is 40.2 Å². The molecule has 0 unspecified atom stereocenters. The van der Waals surface area contributed by atoms with Crippen molar-refractivity contribution in [2.75, 3.05) is 11.9 Å². The van der Waals surface area contributed by atoms with Crippen LogP contribution in [0.4, 0.5) is 5.69 Å². The van der Waals surface area contributed by atoms with Crippen LogP contribution in [0.1, 0.15) is 61.4 Å². The quantitative estimate of drug-likeness (QED) is 0.660. The molecule has 1 aromatic carbocycles. The minimum Gasteiger partial charge on any atom is -0.452 e. The normalized spacial score (nSPS) is 12.2. The molecule has 1 aromatic heterocycles. The predicted molar refractivity (Wildman–Crippen MR) is 119 cm³/mol. The second-order valence-electron chi connectivity index (χ2n) is 8.62. The second-order valence-corrected chi connectivity index (χ2v) is 8.62. The van der Waals surface area contributed by atoms with E-state index < -0.39 is 18.0 Å². The van der Waals surface area contributed by atoms with Crippen LogP contribution in [0.3, 0.4) is 0 Å². The molecule has 1 atom stereocenters. The lowest BCUT2D eigenvalue weighted by Crippen LogP contribution is -2.32. The molecular weight excluding hydrogens is 396 g/mol. The Hall–Kier alpha value is -3.16. The van der Waals surface area contributed by atoms with Gasteiger partial charge in [0.25, 0.3) is 11.8 Å². The Morgan fingerprint density at radius 1 is 1.13 bits per heavy atom. The lowest BCUT2D eigenvalue weighted by molar-refractivity contribution is -0.153. The number of aryl methyl sites for hydroxylation is 2. The molecule has 0 saturated carbocycles. The maximum atomic E-state index is 12.3. The third-order valence-corrected chi connectivity index (χ3v) is 5.06. The zero-order chi connectivity index (χ0) is 23.3. The van der Waals surface area contributed by atoms with E-state index in [0.29, 0.717) is 16.9 Å². The molecule has 2 aromatic rings. The summed E-state index contributed by atoms with van der Waals surface area (Å²) in [6.07, 6.45) is -0.999. The molecule has 0 fully saturated rings. The molecule has 2 amide bonds. The molecule has 2 rings (SSSR count). The van der Waals surface area contributed by atoms with Gasteiger partial charge in [0.05, 0.1) is 23.5 Å². The molecule has 0 spiro atoms. The van der Waals surface area contributed by atoms with E-state index in [0.717, 1.165) is 11.3 Å². The number of amides is 2. The summed E-state index contributed by atoms with van der Waals surface area (Å²) in [5, 5.41) is 9.68. The number of hydrogen-bond acceptors (Lipinski definition) is 5. The Labute approximate surface area is 183 Å². The van der Waals surface area contributed by atoms with Gasteiger partial charge in [0.15, 0.2) is 6.10 Å². The summed E-state index contributed by atoms with van der Waals surface area (Å²) in [6, 6.07) is 7.39. The lowest BCUT2D eigenvalue weighted by Gasteiger charge is -2.19. The average molecular weight is 429 g/mol. The molecule has 0 aliphatic rings. The van der Waals surface area contributed by atoms with Gasteiger partial charge < -0.3 is 15.4 Å². The molecule has 0 aliphatic carbocycles. The molecular formula is C23H32N4O4. The SMILES string of the molecule is Cc1nn(C)c(C)c1NC(=O)[C@@H](C)OC(=O)CCNC(=O)c1ccc(C(C)(C)C)cc1. The van der Waals surface area contributed by atoms with Gasteiger partial charge in [0.2, 0.25) is 0 Å². The van der Waals surface area contributed by atoms with Crippen molar-refractivity contribution in [2.45, 2.75) is 59.5 Å². The summed E-state index contributed by atoms with van der Waals surface area (Å²) >= 11 is 0. The standard InChI is InChI=1S/C23H32N4O4/c1-14-20(15(2)27(7)26-14)25-21(29)16(3)31-19(28)12-13-24-22(30)17-8-10-18(11-9-17)23(4,5)6/h8-11,16H,12-13H2,1-7H3,(H,24,30)(H,25,29)/t16-/m1/s1. The summed E-state index contributed by atoms with van der Waals surface area (Å²) < 4.78 is 6.85. The lowest BCUT2D eigenvalue weighted by atomic mass is 9.87. The smallest absolute Gasteiger partial charge is 0.308 e. The highest BCUT2D eigenvalue weighted by atomic mass is 16.5. The van der Waals surface area contributed by atoms with Gasteiger partial charge in [0.1, 0.15) is 0 Å². The third-order valence-electron chi connectivity index (χ3n) is 5.06. The molecule has 0 aliphatic heterocycles. The van der Waals surface area contributed by atoms with E-state index in [1.807, 2.05) is 19.1 Å². The highest BCUT2D eigenvalue weighted by molar-refractivity contribution is 5.96. The largest absolute Gasteiger partial charge is 0.452 e. The first kappa shape index (κ1) is 24.1. The molecule has 0 radical (unpaired) electrons. The summed E-state index contributed by atoms with van der Waals surface area (Å²) in [5.41, 5.74) is 3.77. The van der Waals surface area contributed by atoms with Crippen LogP contribution in [0.5, 0.6) is 0 Å². The number of benzene rings is 1. The number of carbonyl (C=O) groups is 3. The van der Waals surface area contributed by atoms with Crippen LogP contribution in [0.2, 0.25) is 0 Å². The average Bonchev–Trinajstić information content (AvgIpc) is 2.93. The highest BCUT2D eigenvalue weighted by Gasteiger charge is 2.21. The van der Waals surface area contributed by atoms with E-state index in [1.165, 1.54) is 6.92 Å². The Bertz CT molecular complexity index is 955. The maximum absolute atomic E-state index is 12.3. The van der Waals surface area contributed by atoms with Crippen molar-refractivity contribution in [1.29, 1.82) is 0 Å². The van der Waals surface area contributed by atoms with Crippen molar-refractivity contribution in [3.63, 3.8) is 0 Å². The van der Waals surface area contributed by atoms with Gasteiger partial charge in [-0.3, -0.25) is 19.1 Å². The summed E-state index contributed by atoms with van der Waals surface area (Å²) in [7, 11) is 1.79. The third kappa shape index (κ3) is 6.41. The molecule has 2 N–H and O–H groups in total. The van der Waals surface area contributed by atoms with E-state index in [4.69, 9.17) is 4.74 Å². The van der Waals surface area contributed by atoms with Crippen molar-refractivity contribution in [1.82, 2.24) is 15.1 Å². The van der Waals surface area contributed by atoms with Gasteiger partial charge >= 0.3 is 5.97 Å². The first-order chi connectivity index (χ1) is 14.4. The van der Waals surface area contributed by atoms with E-state index in [-0.39, 0.29) is 24.3 Å². The summed E-state index contributed by atoms with van der Waals surface area (Å²) in [6.45, 7) is 11.6. The minimum atomic E-state index is -0.966. The first-order valence-electron chi connectivity index (χ1n) is 10.3. The van der Waals surface area contributed by atoms with Gasteiger partial charge in [-0.05, 0) is 43.9 Å². The van der Waals surface area contributed by atoms with Crippen molar-refractivity contribution < 1.29 is 19.1 Å². The Balaban J connectivity index is 1.79. The fourth-order valence-corrected chi connectivity index (χ4v) is 2.99. The van der Waals surface area contributed by atoms with Crippen molar-refractivity contribution in [3.8, 4) is 0 Å². The van der Waals surface area contributed by atoms with Crippen LogP contribution >= 0.6 is 0 Å². The predicted octanol–water partition coefficient (Wildman–Crippen LogP) is 3.02. The molecule has 8 heteroatoms. The van der Waals surface area contributed by atoms with Crippen LogP contribution < -0.4 is 10.6 Å². The zero-order valence-corrected chi connectivity index (χ0v) is 19.3. The number of ether oxygens (including phenoxy) is 1. The fraction of sp³-hybridized carbons (Fsp3) is 0.478. The zero-order valence-electron chi connectivity index (χ0n) is 19.3. The van der Waals surface area contributed by atoms with Crippen molar-refractivity contribution in [2.24, 2.45) is 7.05 Å². The Kier molecular flexibility index (Phi) is 7.60. The van der Waals surface area contributed by atoms with Crippen molar-refractivity contribution in [3.05, 3.63) is 46.8 Å². The topological polar surface area (TPSA) is 102 Å². The second kappa shape index (κ2) is 9.76. The first-order valence-corrected chi connectivity index (χ1v) is 10.3. The Morgan fingerprint density at radius 3 is 2.26 bits per heavy atom. The molecule has 31 heavy (non-hydrogen) atoms.